The van der Waals surface area contributed by atoms with Crippen molar-refractivity contribution < 1.29 is 49.3 Å². The van der Waals surface area contributed by atoms with Gasteiger partial charge in [0, 0.05) is 6.42 Å². The molecule has 0 bridgehead atoms. The molecule has 0 radical (unpaired) electrons. The third kappa shape index (κ3) is 45.7. The maximum absolute atomic E-state index is 13.4. The smallest absolute Gasteiger partial charge is 0.306 e. The molecule has 8 atom stereocenters. The van der Waals surface area contributed by atoms with Crippen LogP contribution in [0.25, 0.3) is 0 Å². The predicted molar refractivity (Wildman–Crippen MR) is 343 cm³/mol. The summed E-state index contributed by atoms with van der Waals surface area (Å²) in [5.41, 5.74) is 0. The molecule has 82 heavy (non-hydrogen) atoms. The Morgan fingerprint density at radius 2 is 0.878 bits per heavy atom. The molecule has 1 aliphatic rings. The zero-order chi connectivity index (χ0) is 59.6. The zero-order valence-electron chi connectivity index (χ0n) is 53.1. The summed E-state index contributed by atoms with van der Waals surface area (Å²) in [4.78, 5) is 26.6. The van der Waals surface area contributed by atoms with Gasteiger partial charge in [0.05, 0.1) is 25.4 Å². The predicted octanol–water partition coefficient (Wildman–Crippen LogP) is 17.3. The van der Waals surface area contributed by atoms with E-state index in [1.165, 1.54) is 193 Å². The fourth-order valence-corrected chi connectivity index (χ4v) is 10.7. The van der Waals surface area contributed by atoms with Gasteiger partial charge >= 0.3 is 5.97 Å². The van der Waals surface area contributed by atoms with Gasteiger partial charge in [0.15, 0.2) is 12.4 Å². The van der Waals surface area contributed by atoms with Gasteiger partial charge in [-0.05, 0) is 83.5 Å². The highest BCUT2D eigenvalue weighted by atomic mass is 16.7. The molecule has 1 rings (SSSR count). The fourth-order valence-electron chi connectivity index (χ4n) is 10.7. The number of esters is 1. The topological polar surface area (TPSA) is 175 Å². The van der Waals surface area contributed by atoms with E-state index < -0.39 is 67.4 Å². The van der Waals surface area contributed by atoms with Crippen molar-refractivity contribution in [1.29, 1.82) is 0 Å². The highest BCUT2D eigenvalue weighted by Crippen LogP contribution is 2.26. The Bertz CT molecular complexity index is 1560. The third-order valence-electron chi connectivity index (χ3n) is 16.2. The Morgan fingerprint density at radius 3 is 1.33 bits per heavy atom. The number of aliphatic hydroxyl groups excluding tert-OH is 5. The summed E-state index contributed by atoms with van der Waals surface area (Å²) in [6.07, 6.45) is 64.2. The summed E-state index contributed by atoms with van der Waals surface area (Å²) in [7, 11) is 0. The van der Waals surface area contributed by atoms with E-state index in [1.807, 2.05) is 6.08 Å². The van der Waals surface area contributed by atoms with E-state index in [-0.39, 0.29) is 19.4 Å². The van der Waals surface area contributed by atoms with E-state index >= 15 is 0 Å². The van der Waals surface area contributed by atoms with Crippen molar-refractivity contribution in [2.45, 2.75) is 365 Å². The molecule has 8 unspecified atom stereocenters. The molecule has 0 aromatic carbocycles. The molecule has 6 N–H and O–H groups in total. The van der Waals surface area contributed by atoms with Crippen LogP contribution in [0.1, 0.15) is 316 Å². The number of amides is 1. The quantitative estimate of drug-likeness (QED) is 0.0195. The van der Waals surface area contributed by atoms with Crippen LogP contribution in [0.3, 0.4) is 0 Å². The summed E-state index contributed by atoms with van der Waals surface area (Å²) in [6, 6.07) is -1.04. The second-order valence-electron chi connectivity index (χ2n) is 23.9. The van der Waals surface area contributed by atoms with Gasteiger partial charge < -0.3 is 45.1 Å². The van der Waals surface area contributed by atoms with Crippen LogP contribution >= 0.6 is 0 Å². The number of carbonyl (C=O) groups excluding carboxylic acids is 2. The van der Waals surface area contributed by atoms with Crippen molar-refractivity contribution in [3.8, 4) is 0 Å². The maximum Gasteiger partial charge on any atom is 0.306 e. The molecule has 0 spiro atoms. The van der Waals surface area contributed by atoms with Gasteiger partial charge in [-0.1, -0.05) is 287 Å². The summed E-state index contributed by atoms with van der Waals surface area (Å²) in [5.74, 6) is -1.21. The highest BCUT2D eigenvalue weighted by molar-refractivity contribution is 5.80. The average Bonchev–Trinajstić information content (AvgIpc) is 3.45. The number of aliphatic hydroxyl groups is 5. The van der Waals surface area contributed by atoms with Crippen LogP contribution in [0.4, 0.5) is 0 Å². The lowest BCUT2D eigenvalue weighted by molar-refractivity contribution is -0.305. The molecule has 0 aromatic rings. The van der Waals surface area contributed by atoms with Gasteiger partial charge in [-0.15, -0.1) is 0 Å². The minimum atomic E-state index is -1.62. The summed E-state index contributed by atoms with van der Waals surface area (Å²) in [5, 5.41) is 57.1. The third-order valence-corrected chi connectivity index (χ3v) is 16.2. The maximum atomic E-state index is 13.4. The lowest BCUT2D eigenvalue weighted by atomic mass is 9.99. The molecular weight excluding hydrogens is 1030 g/mol. The first-order chi connectivity index (χ1) is 40.2. The Morgan fingerprint density at radius 1 is 0.488 bits per heavy atom. The SMILES string of the molecule is CC/C=C/C/C=C/C/C=C/CCCCCC(O)C(=O)NC(COC1OC(CO)C(O)C(O)C1OC(=O)CCCCCCCCCCCCCCCCCCC/C=C/CCCCCCCC)C(O)/C=C/CCCCCCCCCCCCC. The molecule has 11 heteroatoms. The average molecular weight is 1160 g/mol. The van der Waals surface area contributed by atoms with E-state index in [0.717, 1.165) is 77.0 Å². The number of unbranched alkanes of at least 4 members (excludes halogenated alkanes) is 37. The van der Waals surface area contributed by atoms with E-state index in [2.05, 4.69) is 74.7 Å². The Kier molecular flexibility index (Phi) is 55.4. The van der Waals surface area contributed by atoms with Crippen LogP contribution < -0.4 is 5.32 Å². The van der Waals surface area contributed by atoms with Gasteiger partial charge in [-0.3, -0.25) is 9.59 Å². The molecule has 1 amide bonds. The van der Waals surface area contributed by atoms with Crippen LogP contribution in [0.15, 0.2) is 60.8 Å². The highest BCUT2D eigenvalue weighted by Gasteiger charge is 2.47. The number of carbonyl (C=O) groups is 2. The van der Waals surface area contributed by atoms with Gasteiger partial charge in [0.2, 0.25) is 5.91 Å². The molecule has 11 nitrogen and oxygen atoms in total. The van der Waals surface area contributed by atoms with Crippen molar-refractivity contribution in [2.75, 3.05) is 13.2 Å². The number of allylic oxidation sites excluding steroid dienone is 9. The molecule has 478 valence electrons. The fraction of sp³-hybridized carbons (Fsp3) is 0.831. The second-order valence-corrected chi connectivity index (χ2v) is 23.9. The number of nitrogens with one attached hydrogen (secondary N) is 1. The molecule has 1 saturated heterocycles. The first-order valence-corrected chi connectivity index (χ1v) is 34.6. The van der Waals surface area contributed by atoms with Crippen LogP contribution in [0.5, 0.6) is 0 Å². The Labute approximate surface area is 503 Å². The lowest BCUT2D eigenvalue weighted by Gasteiger charge is -2.41. The van der Waals surface area contributed by atoms with Crippen molar-refractivity contribution in [1.82, 2.24) is 5.32 Å². The number of hydrogen-bond acceptors (Lipinski definition) is 10. The van der Waals surface area contributed by atoms with Crippen molar-refractivity contribution in [3.63, 3.8) is 0 Å². The molecule has 0 saturated carbocycles. The molecular formula is C71H129NO10. The van der Waals surface area contributed by atoms with Gasteiger partial charge in [0.1, 0.15) is 24.4 Å². The normalized spacial score (nSPS) is 19.0. The number of ether oxygens (including phenoxy) is 3. The Hall–Kier alpha value is -2.64. The van der Waals surface area contributed by atoms with Gasteiger partial charge in [-0.25, -0.2) is 0 Å². The summed E-state index contributed by atoms with van der Waals surface area (Å²) >= 11 is 0. The van der Waals surface area contributed by atoms with Gasteiger partial charge in [-0.2, -0.15) is 0 Å². The molecule has 1 aliphatic heterocycles. The first kappa shape index (κ1) is 77.4. The first-order valence-electron chi connectivity index (χ1n) is 34.6. The van der Waals surface area contributed by atoms with Gasteiger partial charge in [0.25, 0.3) is 0 Å². The van der Waals surface area contributed by atoms with Crippen LogP contribution in [0, 0.1) is 0 Å². The molecule has 1 fully saturated rings. The number of hydrogen-bond donors (Lipinski definition) is 6. The van der Waals surface area contributed by atoms with Crippen molar-refractivity contribution >= 4 is 11.9 Å². The summed E-state index contributed by atoms with van der Waals surface area (Å²) in [6.45, 7) is 5.68. The van der Waals surface area contributed by atoms with Crippen LogP contribution in [0.2, 0.25) is 0 Å². The van der Waals surface area contributed by atoms with Crippen molar-refractivity contribution in [2.24, 2.45) is 0 Å². The van der Waals surface area contributed by atoms with Crippen LogP contribution in [-0.4, -0.2) is 99.6 Å². The van der Waals surface area contributed by atoms with Crippen molar-refractivity contribution in [3.05, 3.63) is 60.8 Å². The lowest BCUT2D eigenvalue weighted by Crippen LogP contribution is -2.61. The minimum absolute atomic E-state index is 0.122. The molecule has 0 aliphatic carbocycles. The molecule has 1 heterocycles. The van der Waals surface area contributed by atoms with E-state index in [9.17, 15) is 35.1 Å². The summed E-state index contributed by atoms with van der Waals surface area (Å²) < 4.78 is 17.7. The van der Waals surface area contributed by atoms with E-state index in [0.29, 0.717) is 12.8 Å². The monoisotopic (exact) mass is 1160 g/mol. The zero-order valence-corrected chi connectivity index (χ0v) is 53.1. The molecule has 0 aromatic heterocycles. The largest absolute Gasteiger partial charge is 0.454 e. The Balaban J connectivity index is 2.54. The van der Waals surface area contributed by atoms with E-state index in [4.69, 9.17) is 14.2 Å². The minimum Gasteiger partial charge on any atom is -0.454 e. The standard InChI is InChI=1S/C71H129NO10/c1-4-7-10-13-16-19-22-25-26-27-28-29-30-31-32-33-34-35-36-37-38-41-44-47-50-53-56-59-66(76)82-69-68(78)67(77)65(60-73)81-71(69)80-61-62(63(74)57-54-51-48-45-42-39-23-20-17-14-11-8-5-2)72-70(79)64(75)58-55-52-49-46-43-40-24-21-18-15-12-9-6-3/h9,12,18,21,25-26,40,43,54,57,62-65,67-69,71,73-75,77-78H,4-8,10-11,13-17,19-20,22-24,27-39,41-42,44-53,55-56,58-61H2,1-3H3,(H,72,79)/b12-9+,21-18+,26-25+,43-40+,57-54+. The number of rotatable bonds is 59. The van der Waals surface area contributed by atoms with Crippen LogP contribution in [-0.2, 0) is 23.8 Å². The second kappa shape index (κ2) is 58.7. The van der Waals surface area contributed by atoms with E-state index in [1.54, 1.807) is 6.08 Å².